The fourth-order valence-electron chi connectivity index (χ4n) is 2.60. The number of hydrogen-bond donors (Lipinski definition) is 2. The van der Waals surface area contributed by atoms with Crippen LogP contribution in [0.15, 0.2) is 29.3 Å². The van der Waals surface area contributed by atoms with Crippen LogP contribution in [0.2, 0.25) is 5.02 Å². The van der Waals surface area contributed by atoms with Crippen molar-refractivity contribution in [3.05, 3.63) is 34.9 Å². The average molecular weight is 264 g/mol. The molecular weight excluding hydrogens is 246 g/mol. The van der Waals surface area contributed by atoms with Crippen LogP contribution in [0.1, 0.15) is 31.2 Å². The lowest BCUT2D eigenvalue weighted by atomic mass is 9.76. The van der Waals surface area contributed by atoms with Crippen molar-refractivity contribution in [3.8, 4) is 0 Å². The van der Waals surface area contributed by atoms with E-state index in [4.69, 9.17) is 11.6 Å². The van der Waals surface area contributed by atoms with E-state index < -0.39 is 0 Å². The van der Waals surface area contributed by atoms with Crippen LogP contribution in [0.25, 0.3) is 0 Å². The quantitative estimate of drug-likeness (QED) is 0.860. The SMILES string of the molecule is CC1CN=C(NC2CC(c3cccc(Cl)c3)C2)N1. The first-order valence-corrected chi connectivity index (χ1v) is 6.91. The van der Waals surface area contributed by atoms with Crippen molar-refractivity contribution >= 4 is 17.6 Å². The number of benzene rings is 1. The minimum Gasteiger partial charge on any atom is -0.354 e. The molecule has 2 aliphatic rings. The van der Waals surface area contributed by atoms with Crippen molar-refractivity contribution in [1.29, 1.82) is 0 Å². The first-order valence-electron chi connectivity index (χ1n) is 6.53. The van der Waals surface area contributed by atoms with E-state index in [-0.39, 0.29) is 0 Å². The summed E-state index contributed by atoms with van der Waals surface area (Å²) in [5.41, 5.74) is 1.36. The highest BCUT2D eigenvalue weighted by Crippen LogP contribution is 2.37. The van der Waals surface area contributed by atoms with Crippen molar-refractivity contribution in [2.24, 2.45) is 4.99 Å². The van der Waals surface area contributed by atoms with E-state index >= 15 is 0 Å². The Hall–Kier alpha value is -1.22. The third kappa shape index (κ3) is 2.46. The lowest BCUT2D eigenvalue weighted by Gasteiger charge is -2.36. The molecule has 4 heteroatoms. The first kappa shape index (κ1) is 11.8. The monoisotopic (exact) mass is 263 g/mol. The first-order chi connectivity index (χ1) is 8.70. The molecule has 1 aromatic carbocycles. The van der Waals surface area contributed by atoms with Crippen molar-refractivity contribution in [2.75, 3.05) is 6.54 Å². The van der Waals surface area contributed by atoms with Gasteiger partial charge in [-0.25, -0.2) is 0 Å². The van der Waals surface area contributed by atoms with E-state index in [1.165, 1.54) is 5.56 Å². The summed E-state index contributed by atoms with van der Waals surface area (Å²) in [6.45, 7) is 3.03. The van der Waals surface area contributed by atoms with E-state index in [0.717, 1.165) is 30.4 Å². The van der Waals surface area contributed by atoms with Crippen molar-refractivity contribution in [1.82, 2.24) is 10.6 Å². The standard InChI is InChI=1S/C14H18ClN3/c1-9-8-16-14(17-9)18-13-6-11(7-13)10-3-2-4-12(15)5-10/h2-5,9,11,13H,6-8H2,1H3,(H2,16,17,18). The van der Waals surface area contributed by atoms with Gasteiger partial charge >= 0.3 is 0 Å². The summed E-state index contributed by atoms with van der Waals surface area (Å²) in [6.07, 6.45) is 2.32. The van der Waals surface area contributed by atoms with Crippen LogP contribution in [0.5, 0.6) is 0 Å². The van der Waals surface area contributed by atoms with Crippen LogP contribution in [0.4, 0.5) is 0 Å². The van der Waals surface area contributed by atoms with Gasteiger partial charge in [0.25, 0.3) is 0 Å². The van der Waals surface area contributed by atoms with Gasteiger partial charge in [-0.2, -0.15) is 0 Å². The Morgan fingerprint density at radius 1 is 1.39 bits per heavy atom. The zero-order valence-corrected chi connectivity index (χ0v) is 11.2. The molecule has 1 atom stereocenters. The largest absolute Gasteiger partial charge is 0.354 e. The molecule has 18 heavy (non-hydrogen) atoms. The maximum atomic E-state index is 6.02. The highest BCUT2D eigenvalue weighted by molar-refractivity contribution is 6.30. The summed E-state index contributed by atoms with van der Waals surface area (Å²) in [7, 11) is 0. The summed E-state index contributed by atoms with van der Waals surface area (Å²) in [5, 5.41) is 7.63. The second-order valence-electron chi connectivity index (χ2n) is 5.30. The van der Waals surface area contributed by atoms with Crippen LogP contribution in [-0.4, -0.2) is 24.6 Å². The molecule has 0 amide bonds. The smallest absolute Gasteiger partial charge is 0.191 e. The summed E-state index contributed by atoms with van der Waals surface area (Å²) < 4.78 is 0. The Morgan fingerprint density at radius 2 is 2.22 bits per heavy atom. The van der Waals surface area contributed by atoms with Gasteiger partial charge < -0.3 is 10.6 Å². The average Bonchev–Trinajstić information content (AvgIpc) is 2.69. The van der Waals surface area contributed by atoms with E-state index in [9.17, 15) is 0 Å². The Kier molecular flexibility index (Phi) is 3.16. The van der Waals surface area contributed by atoms with E-state index in [0.29, 0.717) is 18.0 Å². The number of rotatable bonds is 2. The number of halogens is 1. The third-order valence-corrected chi connectivity index (χ3v) is 3.94. The molecule has 0 saturated heterocycles. The zero-order valence-electron chi connectivity index (χ0n) is 10.5. The molecule has 1 heterocycles. The molecule has 0 aromatic heterocycles. The van der Waals surface area contributed by atoms with Crippen LogP contribution in [-0.2, 0) is 0 Å². The summed E-state index contributed by atoms with van der Waals surface area (Å²) >= 11 is 6.02. The molecule has 0 spiro atoms. The Labute approximate surface area is 113 Å². The second kappa shape index (κ2) is 4.81. The van der Waals surface area contributed by atoms with Gasteiger partial charge in [0.05, 0.1) is 6.54 Å². The van der Waals surface area contributed by atoms with Gasteiger partial charge in [0.2, 0.25) is 0 Å². The predicted molar refractivity (Wildman–Crippen MR) is 75.3 cm³/mol. The van der Waals surface area contributed by atoms with Gasteiger partial charge in [0.1, 0.15) is 0 Å². The molecule has 1 unspecified atom stereocenters. The van der Waals surface area contributed by atoms with E-state index in [1.807, 2.05) is 12.1 Å². The fraction of sp³-hybridized carbons (Fsp3) is 0.500. The van der Waals surface area contributed by atoms with Gasteiger partial charge in [0, 0.05) is 17.1 Å². The molecule has 2 N–H and O–H groups in total. The minimum atomic E-state index is 0.469. The summed E-state index contributed by atoms with van der Waals surface area (Å²) in [4.78, 5) is 4.42. The van der Waals surface area contributed by atoms with Gasteiger partial charge in [0.15, 0.2) is 5.96 Å². The molecule has 1 fully saturated rings. The normalized spacial score (nSPS) is 30.3. The Morgan fingerprint density at radius 3 is 2.89 bits per heavy atom. The van der Waals surface area contributed by atoms with Crippen LogP contribution >= 0.6 is 11.6 Å². The highest BCUT2D eigenvalue weighted by atomic mass is 35.5. The number of guanidine groups is 1. The lowest BCUT2D eigenvalue weighted by molar-refractivity contribution is 0.322. The summed E-state index contributed by atoms with van der Waals surface area (Å²) in [5.74, 6) is 1.61. The lowest BCUT2D eigenvalue weighted by Crippen LogP contribution is -2.48. The molecule has 3 rings (SSSR count). The Balaban J connectivity index is 1.51. The summed E-state index contributed by atoms with van der Waals surface area (Å²) in [6, 6.07) is 9.22. The minimum absolute atomic E-state index is 0.469. The number of nitrogens with zero attached hydrogens (tertiary/aromatic N) is 1. The molecule has 0 radical (unpaired) electrons. The topological polar surface area (TPSA) is 36.4 Å². The number of hydrogen-bond acceptors (Lipinski definition) is 3. The molecular formula is C14H18ClN3. The van der Waals surface area contributed by atoms with E-state index in [2.05, 4.69) is 34.7 Å². The van der Waals surface area contributed by atoms with Gasteiger partial charge in [-0.1, -0.05) is 23.7 Å². The zero-order chi connectivity index (χ0) is 12.5. The van der Waals surface area contributed by atoms with Crippen LogP contribution in [0, 0.1) is 0 Å². The Bertz CT molecular complexity index is 466. The molecule has 1 saturated carbocycles. The molecule has 3 nitrogen and oxygen atoms in total. The van der Waals surface area contributed by atoms with Crippen molar-refractivity contribution in [3.63, 3.8) is 0 Å². The maximum Gasteiger partial charge on any atom is 0.191 e. The predicted octanol–water partition coefficient (Wildman–Crippen LogP) is 2.52. The van der Waals surface area contributed by atoms with E-state index in [1.54, 1.807) is 0 Å². The second-order valence-corrected chi connectivity index (χ2v) is 5.74. The van der Waals surface area contributed by atoms with Crippen molar-refractivity contribution in [2.45, 2.75) is 37.8 Å². The molecule has 1 aromatic rings. The van der Waals surface area contributed by atoms with Gasteiger partial charge in [-0.3, -0.25) is 4.99 Å². The third-order valence-electron chi connectivity index (χ3n) is 3.71. The number of aliphatic imine (C=N–C) groups is 1. The van der Waals surface area contributed by atoms with Crippen LogP contribution < -0.4 is 10.6 Å². The van der Waals surface area contributed by atoms with Gasteiger partial charge in [-0.05, 0) is 43.4 Å². The highest BCUT2D eigenvalue weighted by Gasteiger charge is 2.31. The number of nitrogens with one attached hydrogen (secondary N) is 2. The molecule has 96 valence electrons. The maximum absolute atomic E-state index is 6.02. The molecule has 1 aliphatic carbocycles. The van der Waals surface area contributed by atoms with Crippen LogP contribution in [0.3, 0.4) is 0 Å². The van der Waals surface area contributed by atoms with Crippen molar-refractivity contribution < 1.29 is 0 Å². The van der Waals surface area contributed by atoms with Gasteiger partial charge in [-0.15, -0.1) is 0 Å². The fourth-order valence-corrected chi connectivity index (χ4v) is 2.80. The molecule has 1 aliphatic heterocycles. The molecule has 0 bridgehead atoms.